The molecule has 16 nitrogen and oxygen atoms in total. The van der Waals surface area contributed by atoms with Gasteiger partial charge < -0.3 is 39.8 Å². The summed E-state index contributed by atoms with van der Waals surface area (Å²) in [6.45, 7) is 8.19. The molecule has 4 aliphatic carbocycles. The summed E-state index contributed by atoms with van der Waals surface area (Å²) >= 11 is 0. The quantitative estimate of drug-likeness (QED) is 0.170. The molecule has 6 fully saturated rings. The number of carbonyl (C=O) groups excluding carboxylic acids is 4. The average molecular weight is 919 g/mol. The number of para-hydroxylation sites is 1. The second-order valence-corrected chi connectivity index (χ2v) is 22.3. The summed E-state index contributed by atoms with van der Waals surface area (Å²) in [7, 11) is -4.02. The zero-order valence-electron chi connectivity index (χ0n) is 37.6. The van der Waals surface area contributed by atoms with Crippen LogP contribution in [0.25, 0.3) is 10.9 Å². The van der Waals surface area contributed by atoms with E-state index in [4.69, 9.17) is 19.2 Å². The molecule has 0 unspecified atom stereocenters. The van der Waals surface area contributed by atoms with Crippen LogP contribution in [0.4, 0.5) is 4.79 Å². The predicted octanol–water partition coefficient (Wildman–Crippen LogP) is 4.66. The van der Waals surface area contributed by atoms with Crippen molar-refractivity contribution in [3.05, 3.63) is 42.5 Å². The number of β-amino-alcohol motifs (C(OH)–C–C–N with tert-alkyl or cyclic N) is 1. The van der Waals surface area contributed by atoms with Crippen molar-refractivity contribution in [2.45, 2.75) is 157 Å². The number of amides is 4. The van der Waals surface area contributed by atoms with E-state index in [2.05, 4.69) is 26.8 Å². The van der Waals surface area contributed by atoms with Crippen LogP contribution < -0.4 is 24.8 Å². The van der Waals surface area contributed by atoms with E-state index in [9.17, 15) is 27.9 Å². The molecule has 2 bridgehead atoms. The van der Waals surface area contributed by atoms with Crippen molar-refractivity contribution in [3.63, 3.8) is 0 Å². The third kappa shape index (κ3) is 9.83. The monoisotopic (exact) mass is 918 g/mol. The van der Waals surface area contributed by atoms with Gasteiger partial charge in [-0.1, -0.05) is 50.3 Å². The predicted molar refractivity (Wildman–Crippen MR) is 241 cm³/mol. The third-order valence-electron chi connectivity index (χ3n) is 15.3. The number of rotatable bonds is 12. The first kappa shape index (κ1) is 45.7. The maximum Gasteiger partial charge on any atom is 0.408 e. The number of aliphatic hydroxyl groups excluding tert-OH is 1. The van der Waals surface area contributed by atoms with Crippen molar-refractivity contribution >= 4 is 44.7 Å². The number of hydrogen-bond donors (Lipinski definition) is 4. The first-order chi connectivity index (χ1) is 31.3. The molecule has 4 amide bonds. The van der Waals surface area contributed by atoms with Crippen molar-refractivity contribution in [1.29, 1.82) is 0 Å². The number of carbonyl (C=O) groups is 4. The van der Waals surface area contributed by atoms with Crippen molar-refractivity contribution in [2.75, 3.05) is 32.8 Å². The molecule has 8 atom stereocenters. The summed E-state index contributed by atoms with van der Waals surface area (Å²) < 4.78 is 47.2. The molecule has 7 aliphatic rings. The summed E-state index contributed by atoms with van der Waals surface area (Å²) in [6, 6.07) is 5.68. The first-order valence-corrected chi connectivity index (χ1v) is 25.7. The van der Waals surface area contributed by atoms with Crippen LogP contribution in [-0.2, 0) is 35.6 Å². The number of nitrogens with one attached hydrogen (secondary N) is 3. The zero-order valence-corrected chi connectivity index (χ0v) is 38.5. The normalized spacial score (nSPS) is 31.8. The number of aromatic nitrogens is 1. The Morgan fingerprint density at radius 1 is 1.02 bits per heavy atom. The Bertz CT molecular complexity index is 2270. The molecular formula is C48H66N6O10S. The minimum absolute atomic E-state index is 0.00972. The van der Waals surface area contributed by atoms with E-state index in [-0.39, 0.29) is 43.4 Å². The molecule has 4 N–H and O–H groups in total. The van der Waals surface area contributed by atoms with E-state index < -0.39 is 68.2 Å². The lowest BCUT2D eigenvalue weighted by molar-refractivity contribution is -0.142. The van der Waals surface area contributed by atoms with Gasteiger partial charge in [0.05, 0.1) is 35.1 Å². The number of likely N-dealkylation sites (tertiary alicyclic amines) is 1. The lowest BCUT2D eigenvalue weighted by atomic mass is 9.83. The van der Waals surface area contributed by atoms with Gasteiger partial charge in [0.1, 0.15) is 35.6 Å². The number of hydrogen-bond acceptors (Lipinski definition) is 12. The molecule has 2 saturated heterocycles. The fraction of sp³-hybridized carbons (Fsp3) is 0.688. The number of ether oxygens (including phenoxy) is 3. The number of nitrogens with zero attached hydrogens (tertiary/aromatic N) is 3. The standard InChI is InChI=1S/C48H66N6O10S/c1-3-32-27-48(32,45(58)52-65(60,61)47(2)20-21-47)51-42(56)38-26-34-29-54(38)44(57)40(30-13-6-4-7-14-30)50-46(59)64-39-25-31(39)15-8-5-9-17-36-41(62-24-12-22-53-23-19-33(55)28-53)35-16-10-11-18-37(35)49-43(36)63-34/h3,10-11,16,18,30-34,38-40,55H,1,4-9,12-15,17,19-29H2,2H3,(H,50,59)(H,51,56)(H,52,58)/t31-,32-,33-,34-,38+,39-,40+,48-/m1/s1. The van der Waals surface area contributed by atoms with Gasteiger partial charge in [0.15, 0.2) is 0 Å². The molecule has 354 valence electrons. The van der Waals surface area contributed by atoms with Crippen LogP contribution in [-0.4, -0.2) is 126 Å². The Morgan fingerprint density at radius 3 is 2.49 bits per heavy atom. The maximum absolute atomic E-state index is 15.1. The minimum atomic E-state index is -4.02. The second-order valence-electron chi connectivity index (χ2n) is 20.1. The molecule has 1 aromatic heterocycles. The molecule has 0 spiro atoms. The van der Waals surface area contributed by atoms with Gasteiger partial charge in [0.25, 0.3) is 5.91 Å². The van der Waals surface area contributed by atoms with Gasteiger partial charge in [-0.2, -0.15) is 0 Å². The molecule has 65 heavy (non-hydrogen) atoms. The molecular weight excluding hydrogens is 853 g/mol. The largest absolute Gasteiger partial charge is 0.492 e. The van der Waals surface area contributed by atoms with Crippen molar-refractivity contribution < 1.29 is 46.9 Å². The molecule has 17 heteroatoms. The number of fused-ring (bicyclic) bond motifs is 5. The van der Waals surface area contributed by atoms with Crippen LogP contribution in [0.15, 0.2) is 36.9 Å². The Morgan fingerprint density at radius 2 is 1.77 bits per heavy atom. The molecule has 9 rings (SSSR count). The van der Waals surface area contributed by atoms with Gasteiger partial charge in [-0.25, -0.2) is 18.2 Å². The summed E-state index contributed by atoms with van der Waals surface area (Å²) in [6.07, 6.45) is 11.5. The number of pyridine rings is 1. The van der Waals surface area contributed by atoms with Gasteiger partial charge >= 0.3 is 6.09 Å². The number of alkyl carbamates (subject to hydrolysis) is 1. The fourth-order valence-electron chi connectivity index (χ4n) is 10.7. The Labute approximate surface area is 382 Å². The summed E-state index contributed by atoms with van der Waals surface area (Å²) in [4.78, 5) is 66.1. The summed E-state index contributed by atoms with van der Waals surface area (Å²) in [5, 5.41) is 16.8. The summed E-state index contributed by atoms with van der Waals surface area (Å²) in [5.74, 6) is -1.29. The van der Waals surface area contributed by atoms with Gasteiger partial charge in [-0.15, -0.1) is 6.58 Å². The Hall–Kier alpha value is -4.48. The fourth-order valence-corrected chi connectivity index (χ4v) is 12.0. The van der Waals surface area contributed by atoms with Gasteiger partial charge in [-0.05, 0) is 102 Å². The van der Waals surface area contributed by atoms with Gasteiger partial charge in [0.2, 0.25) is 27.7 Å². The first-order valence-electron chi connectivity index (χ1n) is 24.2. The lowest BCUT2D eigenvalue weighted by Crippen LogP contribution is -2.59. The highest BCUT2D eigenvalue weighted by molar-refractivity contribution is 7.91. The van der Waals surface area contributed by atoms with Crippen LogP contribution in [0.5, 0.6) is 11.6 Å². The molecule has 0 radical (unpaired) electrons. The van der Waals surface area contributed by atoms with Crippen molar-refractivity contribution in [2.24, 2.45) is 17.8 Å². The zero-order chi connectivity index (χ0) is 45.5. The van der Waals surface area contributed by atoms with E-state index >= 15 is 4.79 Å². The van der Waals surface area contributed by atoms with Crippen LogP contribution >= 0.6 is 0 Å². The third-order valence-corrected chi connectivity index (χ3v) is 17.5. The van der Waals surface area contributed by atoms with Crippen LogP contribution in [0.1, 0.15) is 115 Å². The van der Waals surface area contributed by atoms with Crippen LogP contribution in [0, 0.1) is 17.8 Å². The topological polar surface area (TPSA) is 206 Å². The van der Waals surface area contributed by atoms with Crippen LogP contribution in [0.2, 0.25) is 0 Å². The molecule has 2 aromatic rings. The van der Waals surface area contributed by atoms with Gasteiger partial charge in [-0.3, -0.25) is 19.1 Å². The summed E-state index contributed by atoms with van der Waals surface area (Å²) in [5.41, 5.74) is -0.0742. The molecule has 4 saturated carbocycles. The SMILES string of the molecule is C=C[C@@H]1C[C@]1(NC(=O)[C@@H]1C[C@@H]2CN1C(=O)[C@H](C1CCCCC1)NC(=O)O[C@@H]1C[C@H]1CCCCCc1c(nc3ccccc3c1OCCCN1CC[C@@H](O)C1)O2)C(=O)NS(=O)(=O)C1(C)CC1. The van der Waals surface area contributed by atoms with Gasteiger partial charge in [0, 0.05) is 37.4 Å². The molecule has 4 heterocycles. The van der Waals surface area contributed by atoms with E-state index in [0.717, 1.165) is 101 Å². The maximum atomic E-state index is 15.1. The van der Waals surface area contributed by atoms with E-state index in [1.54, 1.807) is 6.92 Å². The average Bonchev–Trinajstić information content (AvgIpc) is 4.25. The lowest BCUT2D eigenvalue weighted by Gasteiger charge is -2.34. The number of benzene rings is 1. The Balaban J connectivity index is 1.04. The highest BCUT2D eigenvalue weighted by Crippen LogP contribution is 2.47. The Kier molecular flexibility index (Phi) is 13.1. The number of sulfonamides is 1. The van der Waals surface area contributed by atoms with Crippen molar-refractivity contribution in [1.82, 2.24) is 30.1 Å². The van der Waals surface area contributed by atoms with Crippen LogP contribution in [0.3, 0.4) is 0 Å². The highest BCUT2D eigenvalue weighted by atomic mass is 32.2. The van der Waals surface area contributed by atoms with E-state index in [1.807, 2.05) is 24.3 Å². The molecule has 1 aromatic carbocycles. The number of aliphatic hydroxyl groups is 1. The second kappa shape index (κ2) is 18.7. The smallest absolute Gasteiger partial charge is 0.408 e. The minimum Gasteiger partial charge on any atom is -0.492 e. The van der Waals surface area contributed by atoms with E-state index in [1.165, 1.54) is 11.0 Å². The van der Waals surface area contributed by atoms with E-state index in [0.29, 0.717) is 49.6 Å². The highest BCUT2D eigenvalue weighted by Gasteiger charge is 2.63. The molecule has 3 aliphatic heterocycles. The van der Waals surface area contributed by atoms with Crippen molar-refractivity contribution in [3.8, 4) is 11.6 Å².